The minimum absolute atomic E-state index is 0.113. The van der Waals surface area contributed by atoms with Crippen LogP contribution >= 0.6 is 0 Å². The molecule has 2 aromatic rings. The number of hydrogen-bond donors (Lipinski definition) is 0. The van der Waals surface area contributed by atoms with Crippen LogP contribution in [-0.4, -0.2) is 30.9 Å². The first-order chi connectivity index (χ1) is 10.2. The van der Waals surface area contributed by atoms with Crippen molar-refractivity contribution in [2.75, 3.05) is 25.0 Å². The third kappa shape index (κ3) is 2.05. The van der Waals surface area contributed by atoms with Crippen molar-refractivity contribution >= 4 is 11.6 Å². The van der Waals surface area contributed by atoms with Crippen LogP contribution in [0.5, 0.6) is 0 Å². The smallest absolute Gasteiger partial charge is 0.258 e. The lowest BCUT2D eigenvalue weighted by Crippen LogP contribution is -2.41. The topological polar surface area (TPSA) is 23.6 Å². The van der Waals surface area contributed by atoms with Gasteiger partial charge in [-0.25, -0.2) is 0 Å². The molecule has 2 aliphatic heterocycles. The zero-order valence-corrected chi connectivity index (χ0v) is 12.1. The van der Waals surface area contributed by atoms with Gasteiger partial charge in [-0.3, -0.25) is 4.79 Å². The first-order valence-electron chi connectivity index (χ1n) is 7.40. The van der Waals surface area contributed by atoms with Crippen LogP contribution in [-0.2, 0) is 6.54 Å². The number of carbonyl (C=O) groups is 1. The minimum atomic E-state index is 0.113. The number of anilines is 1. The molecule has 0 unspecified atom stereocenters. The number of rotatable bonds is 2. The van der Waals surface area contributed by atoms with Gasteiger partial charge in [0.25, 0.3) is 5.91 Å². The maximum absolute atomic E-state index is 12.4. The maximum Gasteiger partial charge on any atom is 0.258 e. The summed E-state index contributed by atoms with van der Waals surface area (Å²) < 4.78 is 0. The minimum Gasteiger partial charge on any atom is -0.305 e. The fraction of sp³-hybridized carbons (Fsp3) is 0.278. The first-order valence-corrected chi connectivity index (χ1v) is 7.40. The summed E-state index contributed by atoms with van der Waals surface area (Å²) in [6, 6.07) is 16.4. The predicted octanol–water partition coefficient (Wildman–Crippen LogP) is 2.88. The maximum atomic E-state index is 12.4. The van der Waals surface area contributed by atoms with E-state index in [0.29, 0.717) is 12.5 Å². The molecule has 3 nitrogen and oxygen atoms in total. The van der Waals surface area contributed by atoms with Crippen LogP contribution in [0, 0.1) is 0 Å². The van der Waals surface area contributed by atoms with E-state index < -0.39 is 0 Å². The Morgan fingerprint density at radius 2 is 1.71 bits per heavy atom. The van der Waals surface area contributed by atoms with Gasteiger partial charge in [0.1, 0.15) is 0 Å². The summed E-state index contributed by atoms with van der Waals surface area (Å²) in [6.45, 7) is 2.95. The van der Waals surface area contributed by atoms with Gasteiger partial charge in [-0.05, 0) is 36.4 Å². The SMILES string of the molecule is CN1CC(c2ccc(N3Cc4ccccc4C3=O)cc2)C1. The van der Waals surface area contributed by atoms with E-state index in [9.17, 15) is 4.79 Å². The molecule has 0 aromatic heterocycles. The molecule has 2 aromatic carbocycles. The molecule has 21 heavy (non-hydrogen) atoms. The summed E-state index contributed by atoms with van der Waals surface area (Å²) in [5.41, 5.74) is 4.32. The van der Waals surface area contributed by atoms with Crippen molar-refractivity contribution < 1.29 is 4.79 Å². The Morgan fingerprint density at radius 1 is 1.00 bits per heavy atom. The molecule has 0 radical (unpaired) electrons. The molecule has 106 valence electrons. The van der Waals surface area contributed by atoms with E-state index in [2.05, 4.69) is 36.2 Å². The lowest BCUT2D eigenvalue weighted by molar-refractivity contribution is 0.0996. The summed E-state index contributed by atoms with van der Waals surface area (Å²) >= 11 is 0. The van der Waals surface area contributed by atoms with Gasteiger partial charge in [0, 0.05) is 30.3 Å². The van der Waals surface area contributed by atoms with Crippen LogP contribution in [0.3, 0.4) is 0 Å². The standard InChI is InChI=1S/C18H18N2O/c1-19-10-15(11-19)13-6-8-16(9-7-13)20-12-14-4-2-3-5-17(14)18(20)21/h2-9,15H,10-12H2,1H3. The Morgan fingerprint density at radius 3 is 2.38 bits per heavy atom. The molecule has 0 spiro atoms. The number of benzene rings is 2. The first kappa shape index (κ1) is 12.6. The normalized spacial score (nSPS) is 18.7. The Bertz CT molecular complexity index is 687. The van der Waals surface area contributed by atoms with Crippen LogP contribution in [0.4, 0.5) is 5.69 Å². The van der Waals surface area contributed by atoms with E-state index >= 15 is 0 Å². The molecule has 1 saturated heterocycles. The van der Waals surface area contributed by atoms with E-state index in [1.807, 2.05) is 29.2 Å². The van der Waals surface area contributed by atoms with Crippen molar-refractivity contribution in [2.24, 2.45) is 0 Å². The second kappa shape index (κ2) is 4.71. The van der Waals surface area contributed by atoms with E-state index in [1.165, 1.54) is 5.56 Å². The van der Waals surface area contributed by atoms with Crippen molar-refractivity contribution in [1.29, 1.82) is 0 Å². The van der Waals surface area contributed by atoms with Crippen LogP contribution in [0.15, 0.2) is 48.5 Å². The molecule has 1 amide bonds. The zero-order chi connectivity index (χ0) is 14.4. The summed E-state index contributed by atoms with van der Waals surface area (Å²) in [5.74, 6) is 0.761. The fourth-order valence-electron chi connectivity index (χ4n) is 3.30. The van der Waals surface area contributed by atoms with Crippen LogP contribution in [0.1, 0.15) is 27.4 Å². The molecule has 4 rings (SSSR count). The largest absolute Gasteiger partial charge is 0.305 e. The summed E-state index contributed by atoms with van der Waals surface area (Å²) in [5, 5.41) is 0. The van der Waals surface area contributed by atoms with Gasteiger partial charge in [0.05, 0.1) is 6.54 Å². The molecular formula is C18H18N2O. The average Bonchev–Trinajstić information content (AvgIpc) is 2.82. The number of fused-ring (bicyclic) bond motifs is 1. The molecule has 0 saturated carbocycles. The van der Waals surface area contributed by atoms with Gasteiger partial charge in [-0.15, -0.1) is 0 Å². The van der Waals surface area contributed by atoms with Crippen LogP contribution < -0.4 is 4.90 Å². The Kier molecular flexibility index (Phi) is 2.82. The Balaban J connectivity index is 1.57. The number of nitrogens with zero attached hydrogens (tertiary/aromatic N) is 2. The molecule has 0 aliphatic carbocycles. The highest BCUT2D eigenvalue weighted by Crippen LogP contribution is 2.31. The van der Waals surface area contributed by atoms with Crippen molar-refractivity contribution in [3.05, 3.63) is 65.2 Å². The van der Waals surface area contributed by atoms with Crippen LogP contribution in [0.25, 0.3) is 0 Å². The van der Waals surface area contributed by atoms with Gasteiger partial charge >= 0.3 is 0 Å². The van der Waals surface area contributed by atoms with Crippen molar-refractivity contribution in [3.8, 4) is 0 Å². The average molecular weight is 278 g/mol. The second-order valence-corrected chi connectivity index (χ2v) is 6.06. The molecular weight excluding hydrogens is 260 g/mol. The highest BCUT2D eigenvalue weighted by atomic mass is 16.2. The third-order valence-corrected chi connectivity index (χ3v) is 4.56. The Labute approximate surface area is 124 Å². The molecule has 3 heteroatoms. The van der Waals surface area contributed by atoms with E-state index in [-0.39, 0.29) is 5.91 Å². The van der Waals surface area contributed by atoms with Gasteiger partial charge in [-0.1, -0.05) is 30.3 Å². The number of likely N-dealkylation sites (tertiary alicyclic amines) is 1. The number of carbonyl (C=O) groups excluding carboxylic acids is 1. The number of amides is 1. The second-order valence-electron chi connectivity index (χ2n) is 6.06. The number of hydrogen-bond acceptors (Lipinski definition) is 2. The third-order valence-electron chi connectivity index (χ3n) is 4.56. The van der Waals surface area contributed by atoms with E-state index in [4.69, 9.17) is 0 Å². The van der Waals surface area contributed by atoms with E-state index in [1.54, 1.807) is 0 Å². The highest BCUT2D eigenvalue weighted by molar-refractivity contribution is 6.09. The van der Waals surface area contributed by atoms with Gasteiger partial charge in [0.15, 0.2) is 0 Å². The van der Waals surface area contributed by atoms with E-state index in [0.717, 1.165) is 29.9 Å². The zero-order valence-electron chi connectivity index (χ0n) is 12.1. The van der Waals surface area contributed by atoms with Crippen LogP contribution in [0.2, 0.25) is 0 Å². The van der Waals surface area contributed by atoms with Gasteiger partial charge in [-0.2, -0.15) is 0 Å². The number of likely N-dealkylation sites (N-methyl/N-ethyl adjacent to an activating group) is 1. The van der Waals surface area contributed by atoms with Gasteiger partial charge < -0.3 is 9.80 Å². The van der Waals surface area contributed by atoms with Crippen molar-refractivity contribution in [2.45, 2.75) is 12.5 Å². The molecule has 2 aliphatic rings. The summed E-state index contributed by atoms with van der Waals surface area (Å²) in [7, 11) is 2.14. The summed E-state index contributed by atoms with van der Waals surface area (Å²) in [4.78, 5) is 16.6. The molecule has 0 bridgehead atoms. The molecule has 0 N–H and O–H groups in total. The van der Waals surface area contributed by atoms with Crippen molar-refractivity contribution in [1.82, 2.24) is 4.90 Å². The fourth-order valence-corrected chi connectivity index (χ4v) is 3.30. The lowest BCUT2D eigenvalue weighted by atomic mass is 9.92. The Hall–Kier alpha value is -2.13. The summed E-state index contributed by atoms with van der Waals surface area (Å²) in [6.07, 6.45) is 0. The molecule has 2 heterocycles. The monoisotopic (exact) mass is 278 g/mol. The predicted molar refractivity (Wildman–Crippen MR) is 83.6 cm³/mol. The molecule has 0 atom stereocenters. The highest BCUT2D eigenvalue weighted by Gasteiger charge is 2.29. The quantitative estimate of drug-likeness (QED) is 0.843. The van der Waals surface area contributed by atoms with Gasteiger partial charge in [0.2, 0.25) is 0 Å². The molecule has 1 fully saturated rings. The lowest BCUT2D eigenvalue weighted by Gasteiger charge is -2.36. The van der Waals surface area contributed by atoms with Crippen molar-refractivity contribution in [3.63, 3.8) is 0 Å².